The first kappa shape index (κ1) is 15.0. The number of carbonyl (C=O) groups is 1. The molecule has 22 heavy (non-hydrogen) atoms. The molecule has 2 aromatic carbocycles. The zero-order valence-corrected chi connectivity index (χ0v) is 13.3. The van der Waals surface area contributed by atoms with Gasteiger partial charge in [0.2, 0.25) is 0 Å². The van der Waals surface area contributed by atoms with E-state index in [0.717, 1.165) is 29.0 Å². The summed E-state index contributed by atoms with van der Waals surface area (Å²) in [6.07, 6.45) is 4.53. The SMILES string of the molecule is O=C1C=C(CP(=O)(c2ccccc2)c2ccccc2)CCC1. The number of rotatable bonds is 4. The Balaban J connectivity index is 2.04. The fourth-order valence-corrected chi connectivity index (χ4v) is 5.73. The minimum absolute atomic E-state index is 0.161. The molecule has 0 saturated heterocycles. The molecule has 2 aromatic rings. The van der Waals surface area contributed by atoms with Crippen molar-refractivity contribution in [1.29, 1.82) is 0 Å². The second-order valence-corrected chi connectivity index (χ2v) is 8.52. The van der Waals surface area contributed by atoms with E-state index >= 15 is 0 Å². The second kappa shape index (κ2) is 6.46. The lowest BCUT2D eigenvalue weighted by Crippen LogP contribution is -2.20. The van der Waals surface area contributed by atoms with E-state index in [-0.39, 0.29) is 5.78 Å². The van der Waals surface area contributed by atoms with Crippen molar-refractivity contribution >= 4 is 23.5 Å². The van der Waals surface area contributed by atoms with Gasteiger partial charge in [-0.3, -0.25) is 4.79 Å². The molecule has 0 amide bonds. The maximum absolute atomic E-state index is 13.8. The first-order chi connectivity index (χ1) is 10.7. The average Bonchev–Trinajstić information content (AvgIpc) is 2.56. The van der Waals surface area contributed by atoms with Crippen LogP contribution in [0, 0.1) is 0 Å². The molecule has 0 N–H and O–H groups in total. The summed E-state index contributed by atoms with van der Waals surface area (Å²) >= 11 is 0. The summed E-state index contributed by atoms with van der Waals surface area (Å²) in [4.78, 5) is 11.7. The van der Waals surface area contributed by atoms with Gasteiger partial charge in [0.15, 0.2) is 5.78 Å². The third-order valence-electron chi connectivity index (χ3n) is 4.06. The number of hydrogen-bond acceptors (Lipinski definition) is 2. The van der Waals surface area contributed by atoms with Crippen molar-refractivity contribution in [3.05, 3.63) is 72.3 Å². The van der Waals surface area contributed by atoms with Crippen molar-refractivity contribution in [3.8, 4) is 0 Å². The summed E-state index contributed by atoms with van der Waals surface area (Å²) in [7, 11) is -2.74. The van der Waals surface area contributed by atoms with E-state index in [1.54, 1.807) is 6.08 Å². The predicted molar refractivity (Wildman–Crippen MR) is 91.6 cm³/mol. The highest BCUT2D eigenvalue weighted by molar-refractivity contribution is 7.78. The smallest absolute Gasteiger partial charge is 0.155 e. The van der Waals surface area contributed by atoms with Gasteiger partial charge in [0, 0.05) is 23.2 Å². The average molecular weight is 310 g/mol. The molecule has 0 spiro atoms. The molecule has 0 radical (unpaired) electrons. The Morgan fingerprint density at radius 2 is 1.36 bits per heavy atom. The molecule has 3 rings (SSSR count). The summed E-state index contributed by atoms with van der Waals surface area (Å²) in [6, 6.07) is 19.3. The minimum Gasteiger partial charge on any atom is -0.313 e. The number of ketones is 1. The molecule has 3 heteroatoms. The van der Waals surface area contributed by atoms with Crippen LogP contribution in [0.2, 0.25) is 0 Å². The zero-order chi connectivity index (χ0) is 15.4. The normalized spacial score (nSPS) is 15.5. The summed E-state index contributed by atoms with van der Waals surface area (Å²) < 4.78 is 13.8. The van der Waals surface area contributed by atoms with Crippen molar-refractivity contribution in [1.82, 2.24) is 0 Å². The maximum atomic E-state index is 13.8. The van der Waals surface area contributed by atoms with Gasteiger partial charge in [0.25, 0.3) is 0 Å². The third-order valence-corrected chi connectivity index (χ3v) is 7.17. The largest absolute Gasteiger partial charge is 0.313 e. The molecule has 0 aromatic heterocycles. The highest BCUT2D eigenvalue weighted by atomic mass is 31.2. The van der Waals surface area contributed by atoms with Crippen molar-refractivity contribution in [2.75, 3.05) is 6.16 Å². The number of benzene rings is 2. The molecule has 2 nitrogen and oxygen atoms in total. The van der Waals surface area contributed by atoms with Gasteiger partial charge in [-0.15, -0.1) is 0 Å². The van der Waals surface area contributed by atoms with Crippen molar-refractivity contribution in [2.24, 2.45) is 0 Å². The Hall–Kier alpha value is -1.92. The Morgan fingerprint density at radius 1 is 0.818 bits per heavy atom. The van der Waals surface area contributed by atoms with Crippen LogP contribution in [-0.2, 0) is 9.36 Å². The molecular weight excluding hydrogens is 291 g/mol. The van der Waals surface area contributed by atoms with Gasteiger partial charge >= 0.3 is 0 Å². The predicted octanol–water partition coefficient (Wildman–Crippen LogP) is 3.68. The van der Waals surface area contributed by atoms with E-state index in [9.17, 15) is 9.36 Å². The van der Waals surface area contributed by atoms with Crippen LogP contribution in [0.25, 0.3) is 0 Å². The first-order valence-electron chi connectivity index (χ1n) is 7.61. The monoisotopic (exact) mass is 310 g/mol. The van der Waals surface area contributed by atoms with Gasteiger partial charge in [-0.25, -0.2) is 0 Å². The highest BCUT2D eigenvalue weighted by Gasteiger charge is 2.29. The van der Waals surface area contributed by atoms with Gasteiger partial charge in [-0.1, -0.05) is 66.2 Å². The third kappa shape index (κ3) is 3.13. The quantitative estimate of drug-likeness (QED) is 0.807. The standard InChI is InChI=1S/C19H19O2P/c20-17-9-7-8-16(14-17)15-22(21,18-10-3-1-4-11-18)19-12-5-2-6-13-19/h1-6,10-14H,7-9,15H2. The molecule has 0 atom stereocenters. The topological polar surface area (TPSA) is 34.1 Å². The Kier molecular flexibility index (Phi) is 4.40. The minimum atomic E-state index is -2.74. The Morgan fingerprint density at radius 3 is 1.86 bits per heavy atom. The van der Waals surface area contributed by atoms with E-state index in [4.69, 9.17) is 0 Å². The summed E-state index contributed by atoms with van der Waals surface area (Å²) in [6.45, 7) is 0. The van der Waals surface area contributed by atoms with Gasteiger partial charge in [0.1, 0.15) is 7.14 Å². The maximum Gasteiger partial charge on any atom is 0.155 e. The molecule has 0 fully saturated rings. The summed E-state index contributed by atoms with van der Waals surface area (Å²) in [5, 5.41) is 1.72. The first-order valence-corrected chi connectivity index (χ1v) is 9.50. The fourth-order valence-electron chi connectivity index (χ4n) is 2.94. The van der Waals surface area contributed by atoms with Crippen LogP contribution in [0.5, 0.6) is 0 Å². The van der Waals surface area contributed by atoms with Crippen LogP contribution in [0.4, 0.5) is 0 Å². The van der Waals surface area contributed by atoms with E-state index in [1.165, 1.54) is 0 Å². The van der Waals surface area contributed by atoms with E-state index in [0.29, 0.717) is 12.6 Å². The molecule has 112 valence electrons. The van der Waals surface area contributed by atoms with Crippen LogP contribution >= 0.6 is 7.14 Å². The van der Waals surface area contributed by atoms with Gasteiger partial charge in [-0.05, 0) is 18.9 Å². The molecule has 0 unspecified atom stereocenters. The van der Waals surface area contributed by atoms with Crippen LogP contribution in [0.3, 0.4) is 0 Å². The lowest BCUT2D eigenvalue weighted by Gasteiger charge is -2.22. The molecule has 0 saturated carbocycles. The van der Waals surface area contributed by atoms with E-state index < -0.39 is 7.14 Å². The van der Waals surface area contributed by atoms with E-state index in [1.807, 2.05) is 60.7 Å². The van der Waals surface area contributed by atoms with Crippen LogP contribution in [0.15, 0.2) is 72.3 Å². The van der Waals surface area contributed by atoms with Crippen molar-refractivity contribution in [2.45, 2.75) is 19.3 Å². The van der Waals surface area contributed by atoms with Gasteiger partial charge < -0.3 is 4.57 Å². The molecular formula is C19H19O2P. The molecule has 0 heterocycles. The summed E-state index contributed by atoms with van der Waals surface area (Å²) in [5.74, 6) is 0.161. The van der Waals surface area contributed by atoms with Crippen LogP contribution in [-0.4, -0.2) is 11.9 Å². The molecule has 0 bridgehead atoms. The lowest BCUT2D eigenvalue weighted by atomic mass is 10.0. The summed E-state index contributed by atoms with van der Waals surface area (Å²) in [5.41, 5.74) is 1.02. The molecule has 1 aliphatic rings. The van der Waals surface area contributed by atoms with Crippen molar-refractivity contribution < 1.29 is 9.36 Å². The molecule has 1 aliphatic carbocycles. The highest BCUT2D eigenvalue weighted by Crippen LogP contribution is 2.46. The fraction of sp³-hybridized carbons (Fsp3) is 0.211. The number of allylic oxidation sites excluding steroid dienone is 2. The zero-order valence-electron chi connectivity index (χ0n) is 12.4. The van der Waals surface area contributed by atoms with E-state index in [2.05, 4.69) is 0 Å². The Labute approximate surface area is 131 Å². The van der Waals surface area contributed by atoms with Crippen LogP contribution in [0.1, 0.15) is 19.3 Å². The van der Waals surface area contributed by atoms with Crippen LogP contribution < -0.4 is 10.6 Å². The number of carbonyl (C=O) groups excluding carboxylic acids is 1. The van der Waals surface area contributed by atoms with Crippen molar-refractivity contribution in [3.63, 3.8) is 0 Å². The number of hydrogen-bond donors (Lipinski definition) is 0. The second-order valence-electron chi connectivity index (χ2n) is 5.69. The molecule has 0 aliphatic heterocycles. The van der Waals surface area contributed by atoms with Gasteiger partial charge in [-0.2, -0.15) is 0 Å². The van der Waals surface area contributed by atoms with Gasteiger partial charge in [0.05, 0.1) is 0 Å². The Bertz CT molecular complexity index is 689. The lowest BCUT2D eigenvalue weighted by molar-refractivity contribution is -0.115.